The van der Waals surface area contributed by atoms with Gasteiger partial charge in [-0.2, -0.15) is 5.10 Å². The molecule has 6 rings (SSSR count). The monoisotopic (exact) mass is 484 g/mol. The molecule has 0 spiro atoms. The molecule has 1 aliphatic heterocycles. The topological polar surface area (TPSA) is 33.4 Å². The third-order valence-corrected chi connectivity index (χ3v) is 8.11. The average Bonchev–Trinajstić information content (AvgIpc) is 3.64. The van der Waals surface area contributed by atoms with Gasteiger partial charge in [0.15, 0.2) is 5.65 Å². The fourth-order valence-electron chi connectivity index (χ4n) is 4.68. The minimum absolute atomic E-state index is 0.806. The van der Waals surface area contributed by atoms with Crippen LogP contribution >= 0.6 is 11.8 Å². The molecule has 1 aliphatic carbocycles. The van der Waals surface area contributed by atoms with E-state index < -0.39 is 0 Å². The summed E-state index contributed by atoms with van der Waals surface area (Å²) in [6.45, 7) is 7.70. The second-order valence-corrected chi connectivity index (χ2v) is 10.7. The van der Waals surface area contributed by atoms with Gasteiger partial charge in [-0.3, -0.25) is 0 Å². The Morgan fingerprint density at radius 3 is 2.46 bits per heavy atom. The Bertz CT molecular complexity index is 1240. The lowest BCUT2D eigenvalue weighted by molar-refractivity contribution is 0.231. The summed E-state index contributed by atoms with van der Waals surface area (Å²) in [4.78, 5) is 8.75. The molecule has 0 bridgehead atoms. The van der Waals surface area contributed by atoms with Gasteiger partial charge < -0.3 is 4.90 Å². The predicted molar refractivity (Wildman–Crippen MR) is 148 cm³/mol. The van der Waals surface area contributed by atoms with Gasteiger partial charge in [-0.15, -0.1) is 11.8 Å². The number of benzene rings is 2. The van der Waals surface area contributed by atoms with Crippen LogP contribution in [-0.2, 0) is 6.42 Å². The number of piperidine rings is 1. The van der Waals surface area contributed by atoms with Gasteiger partial charge in [-0.1, -0.05) is 56.7 Å². The molecule has 4 nitrogen and oxygen atoms in total. The smallest absolute Gasteiger partial charge is 0.162 e. The summed E-state index contributed by atoms with van der Waals surface area (Å²) in [5.74, 6) is 0. The van der Waals surface area contributed by atoms with E-state index in [0.29, 0.717) is 0 Å². The second kappa shape index (κ2) is 11.4. The van der Waals surface area contributed by atoms with Crippen molar-refractivity contribution in [2.45, 2.75) is 62.5 Å². The van der Waals surface area contributed by atoms with Crippen molar-refractivity contribution in [3.8, 4) is 22.3 Å². The van der Waals surface area contributed by atoms with Crippen molar-refractivity contribution < 1.29 is 0 Å². The maximum atomic E-state index is 4.80. The maximum Gasteiger partial charge on any atom is 0.162 e. The van der Waals surface area contributed by atoms with Crippen LogP contribution in [-0.4, -0.2) is 44.4 Å². The fraction of sp³-hybridized carbons (Fsp3) is 0.400. The van der Waals surface area contributed by atoms with Crippen molar-refractivity contribution in [2.24, 2.45) is 0 Å². The molecule has 2 aromatic heterocycles. The molecule has 182 valence electrons. The SMILES string of the molecule is CC.c1cc(SC2CC2)cc(-c2cnn3cc(-c4ccc(CCN5CCCCC5)cc4)cnc23)c1. The zero-order chi connectivity index (χ0) is 24.0. The number of nitrogens with zero attached hydrogens (tertiary/aromatic N) is 4. The van der Waals surface area contributed by atoms with Gasteiger partial charge in [0, 0.05) is 40.2 Å². The molecule has 5 heteroatoms. The lowest BCUT2D eigenvalue weighted by Gasteiger charge is -2.26. The molecule has 0 unspecified atom stereocenters. The molecular weight excluding hydrogens is 448 g/mol. The lowest BCUT2D eigenvalue weighted by atomic mass is 10.0. The molecule has 2 aromatic carbocycles. The van der Waals surface area contributed by atoms with Crippen molar-refractivity contribution in [3.05, 3.63) is 72.7 Å². The van der Waals surface area contributed by atoms with Gasteiger partial charge in [0.1, 0.15) is 0 Å². The first-order chi connectivity index (χ1) is 17.3. The Morgan fingerprint density at radius 1 is 0.886 bits per heavy atom. The van der Waals surface area contributed by atoms with Gasteiger partial charge >= 0.3 is 0 Å². The average molecular weight is 485 g/mol. The highest BCUT2D eigenvalue weighted by atomic mass is 32.2. The Hall–Kier alpha value is -2.63. The highest BCUT2D eigenvalue weighted by Gasteiger charge is 2.22. The van der Waals surface area contributed by atoms with E-state index in [4.69, 9.17) is 4.98 Å². The van der Waals surface area contributed by atoms with Crippen molar-refractivity contribution >= 4 is 17.4 Å². The third-order valence-electron chi connectivity index (χ3n) is 6.78. The summed E-state index contributed by atoms with van der Waals surface area (Å²) in [7, 11) is 0. The van der Waals surface area contributed by atoms with E-state index >= 15 is 0 Å². The summed E-state index contributed by atoms with van der Waals surface area (Å²) >= 11 is 1.99. The number of rotatable bonds is 7. The summed E-state index contributed by atoms with van der Waals surface area (Å²) in [5, 5.41) is 5.43. The van der Waals surface area contributed by atoms with Crippen molar-refractivity contribution in [3.63, 3.8) is 0 Å². The Kier molecular flexibility index (Phi) is 7.85. The van der Waals surface area contributed by atoms with Crippen LogP contribution in [0.2, 0.25) is 0 Å². The van der Waals surface area contributed by atoms with E-state index in [9.17, 15) is 0 Å². The first-order valence-corrected chi connectivity index (χ1v) is 14.1. The highest BCUT2D eigenvalue weighted by molar-refractivity contribution is 8.00. The first-order valence-electron chi connectivity index (χ1n) is 13.2. The molecule has 0 radical (unpaired) electrons. The van der Waals surface area contributed by atoms with E-state index in [1.54, 1.807) is 0 Å². The molecule has 4 aromatic rings. The molecule has 0 atom stereocenters. The van der Waals surface area contributed by atoms with Crippen LogP contribution in [0.25, 0.3) is 27.9 Å². The molecular formula is C30H36N4S. The van der Waals surface area contributed by atoms with Crippen LogP contribution in [0.1, 0.15) is 51.5 Å². The summed E-state index contributed by atoms with van der Waals surface area (Å²) in [6, 6.07) is 17.8. The fourth-order valence-corrected chi connectivity index (χ4v) is 5.79. The minimum atomic E-state index is 0.806. The third kappa shape index (κ3) is 5.96. The van der Waals surface area contributed by atoms with Gasteiger partial charge in [0.05, 0.1) is 6.20 Å². The van der Waals surface area contributed by atoms with Gasteiger partial charge in [0.2, 0.25) is 0 Å². The zero-order valence-electron chi connectivity index (χ0n) is 21.0. The Morgan fingerprint density at radius 2 is 1.69 bits per heavy atom. The second-order valence-electron chi connectivity index (χ2n) is 9.36. The molecule has 1 saturated carbocycles. The molecule has 35 heavy (non-hydrogen) atoms. The van der Waals surface area contributed by atoms with Gasteiger partial charge in [-0.25, -0.2) is 9.50 Å². The molecule has 3 heterocycles. The van der Waals surface area contributed by atoms with Crippen LogP contribution in [0.4, 0.5) is 0 Å². The van der Waals surface area contributed by atoms with E-state index in [1.165, 1.54) is 73.3 Å². The Labute approximate surface area is 213 Å². The van der Waals surface area contributed by atoms with Crippen LogP contribution in [0, 0.1) is 0 Å². The number of aromatic nitrogens is 3. The number of hydrogen-bond donors (Lipinski definition) is 0. The van der Waals surface area contributed by atoms with Crippen LogP contribution < -0.4 is 0 Å². The van der Waals surface area contributed by atoms with Crippen LogP contribution in [0.5, 0.6) is 0 Å². The summed E-state index contributed by atoms with van der Waals surface area (Å²) in [5.41, 5.74) is 6.87. The minimum Gasteiger partial charge on any atom is -0.303 e. The molecule has 1 saturated heterocycles. The first kappa shape index (κ1) is 24.1. The molecule has 2 fully saturated rings. The maximum absolute atomic E-state index is 4.80. The standard InChI is InChI=1S/C28H30N4S.C2H6/c1-2-14-31(15-3-1)16-13-21-7-9-22(10-8-21)24-18-29-28-27(19-30-32(28)20-24)23-5-4-6-26(17-23)33-25-11-12-25;1-2/h4-10,17-20,25H,1-3,11-16H2;1-2H3. The van der Waals surface area contributed by atoms with E-state index in [2.05, 4.69) is 64.7 Å². The molecule has 0 N–H and O–H groups in total. The number of thioether (sulfide) groups is 1. The van der Waals surface area contributed by atoms with Crippen LogP contribution in [0.15, 0.2) is 72.0 Å². The van der Waals surface area contributed by atoms with Crippen molar-refractivity contribution in [1.82, 2.24) is 19.5 Å². The number of hydrogen-bond acceptors (Lipinski definition) is 4. The summed E-state index contributed by atoms with van der Waals surface area (Å²) < 4.78 is 1.91. The van der Waals surface area contributed by atoms with Crippen LogP contribution in [0.3, 0.4) is 0 Å². The number of likely N-dealkylation sites (tertiary alicyclic amines) is 1. The van der Waals surface area contributed by atoms with E-state index in [1.807, 2.05) is 42.5 Å². The zero-order valence-corrected chi connectivity index (χ0v) is 21.8. The lowest BCUT2D eigenvalue weighted by Crippen LogP contribution is -2.31. The number of fused-ring (bicyclic) bond motifs is 1. The highest BCUT2D eigenvalue weighted by Crippen LogP contribution is 2.40. The van der Waals surface area contributed by atoms with E-state index in [-0.39, 0.29) is 0 Å². The van der Waals surface area contributed by atoms with Gasteiger partial charge in [0.25, 0.3) is 0 Å². The van der Waals surface area contributed by atoms with Crippen molar-refractivity contribution in [2.75, 3.05) is 19.6 Å². The molecule has 2 aliphatic rings. The van der Waals surface area contributed by atoms with Gasteiger partial charge in [-0.05, 0) is 74.0 Å². The van der Waals surface area contributed by atoms with E-state index in [0.717, 1.165) is 28.4 Å². The quantitative estimate of drug-likeness (QED) is 0.274. The molecule has 0 amide bonds. The largest absolute Gasteiger partial charge is 0.303 e. The predicted octanol–water partition coefficient (Wildman–Crippen LogP) is 7.37. The summed E-state index contributed by atoms with van der Waals surface area (Å²) in [6.07, 6.45) is 13.9. The van der Waals surface area contributed by atoms with Crippen molar-refractivity contribution in [1.29, 1.82) is 0 Å². The Balaban J connectivity index is 0.00000124. The normalized spacial score (nSPS) is 16.2.